The zero-order chi connectivity index (χ0) is 29.7. The number of nitrogens with two attached hydrogens (primary N) is 1. The number of nitrogen functional groups attached to an aromatic ring is 1. The molecule has 0 saturated carbocycles. The van der Waals surface area contributed by atoms with Gasteiger partial charge in [-0.25, -0.2) is 24.1 Å². The van der Waals surface area contributed by atoms with E-state index in [2.05, 4.69) is 9.97 Å². The van der Waals surface area contributed by atoms with Crippen molar-refractivity contribution in [3.05, 3.63) is 95.7 Å². The van der Waals surface area contributed by atoms with Gasteiger partial charge in [0.15, 0.2) is 11.5 Å². The van der Waals surface area contributed by atoms with Gasteiger partial charge in [0, 0.05) is 12.7 Å². The number of amides is 1. The molecule has 41 heavy (non-hydrogen) atoms. The second kappa shape index (κ2) is 12.0. The van der Waals surface area contributed by atoms with Crippen LogP contribution in [-0.2, 0) is 4.74 Å². The summed E-state index contributed by atoms with van der Waals surface area (Å²) in [6.07, 6.45) is 0.837. The third kappa shape index (κ3) is 6.22. The maximum atomic E-state index is 13.8. The van der Waals surface area contributed by atoms with Crippen LogP contribution in [0.3, 0.4) is 0 Å². The Bertz CT molecular complexity index is 1690. The number of nitrogens with zero attached hydrogens (tertiary/aromatic N) is 5. The maximum absolute atomic E-state index is 13.8. The lowest BCUT2D eigenvalue weighted by Crippen LogP contribution is -2.34. The van der Waals surface area contributed by atoms with Crippen LogP contribution in [0, 0.1) is 0 Å². The zero-order valence-corrected chi connectivity index (χ0v) is 24.0. The van der Waals surface area contributed by atoms with Gasteiger partial charge in [0.25, 0.3) is 0 Å². The number of imidazole rings is 1. The van der Waals surface area contributed by atoms with Crippen LogP contribution in [0.25, 0.3) is 22.5 Å². The normalized spacial score (nSPS) is 11.0. The molecule has 0 aliphatic heterocycles. The third-order valence-electron chi connectivity index (χ3n) is 5.89. The lowest BCUT2D eigenvalue weighted by molar-refractivity contribution is 0.0589. The Morgan fingerprint density at radius 1 is 0.829 bits per heavy atom. The molecule has 0 bridgehead atoms. The summed E-state index contributed by atoms with van der Waals surface area (Å²) < 4.78 is 14.2. The van der Waals surface area contributed by atoms with E-state index in [4.69, 9.17) is 15.2 Å². The van der Waals surface area contributed by atoms with Crippen LogP contribution < -0.4 is 21.1 Å². The van der Waals surface area contributed by atoms with Gasteiger partial charge in [0.2, 0.25) is 0 Å². The van der Waals surface area contributed by atoms with Gasteiger partial charge >= 0.3 is 11.8 Å². The summed E-state index contributed by atoms with van der Waals surface area (Å²) in [6, 6.07) is 23.4. The number of fused-ring (bicyclic) bond motifs is 1. The first-order valence-corrected chi connectivity index (χ1v) is 13.3. The van der Waals surface area contributed by atoms with Crippen molar-refractivity contribution in [3.8, 4) is 22.9 Å². The topological polar surface area (TPSA) is 118 Å². The number of carbonyl (C=O) groups excluding carboxylic acids is 1. The Morgan fingerprint density at radius 3 is 2.00 bits per heavy atom. The van der Waals surface area contributed by atoms with E-state index >= 15 is 0 Å². The average Bonchev–Trinajstić information content (AvgIpc) is 3.27. The fourth-order valence-corrected chi connectivity index (χ4v) is 4.07. The highest BCUT2D eigenvalue weighted by atomic mass is 16.6. The molecular weight excluding hydrogens is 520 g/mol. The molecule has 1 amide bonds. The number of aromatic nitrogens is 4. The smallest absolute Gasteiger partial charge is 0.414 e. The molecule has 10 nitrogen and oxygen atoms in total. The van der Waals surface area contributed by atoms with Gasteiger partial charge in [0.1, 0.15) is 28.9 Å². The molecule has 0 aliphatic carbocycles. The van der Waals surface area contributed by atoms with Crippen molar-refractivity contribution in [1.29, 1.82) is 0 Å². The molecular formula is C31H34N6O4. The highest BCUT2D eigenvalue weighted by Gasteiger charge is 2.22. The van der Waals surface area contributed by atoms with Crippen LogP contribution in [0.15, 0.2) is 90.0 Å². The highest BCUT2D eigenvalue weighted by Crippen LogP contribution is 2.27. The van der Waals surface area contributed by atoms with E-state index in [9.17, 15) is 9.59 Å². The Labute approximate surface area is 238 Å². The Balaban J connectivity index is 0.00000189. The standard InChI is InChI=1S/C29H28N6O4.C2H6/c1-29(2,3)39-28(37)33(4)19-10-12-21(13-11-19)35-26-24(25(30)31-18-32-26)34(27(35)36)20-14-16-23(17-15-20)38-22-8-6-5-7-9-22;1-2/h5-18H,1-4H3,(H2,30,31,32);1-2H3. The van der Waals surface area contributed by atoms with E-state index in [1.54, 1.807) is 76.3 Å². The summed E-state index contributed by atoms with van der Waals surface area (Å²) in [6.45, 7) is 9.42. The third-order valence-corrected chi connectivity index (χ3v) is 5.89. The minimum absolute atomic E-state index is 0.168. The van der Waals surface area contributed by atoms with Crippen molar-refractivity contribution in [3.63, 3.8) is 0 Å². The van der Waals surface area contributed by atoms with Crippen molar-refractivity contribution in [1.82, 2.24) is 19.1 Å². The van der Waals surface area contributed by atoms with Crippen LogP contribution in [0.1, 0.15) is 34.6 Å². The van der Waals surface area contributed by atoms with Crippen LogP contribution in [0.2, 0.25) is 0 Å². The Hall–Kier alpha value is -5.12. The van der Waals surface area contributed by atoms with Crippen LogP contribution >= 0.6 is 0 Å². The molecule has 5 aromatic rings. The maximum Gasteiger partial charge on any atom is 0.414 e. The van der Waals surface area contributed by atoms with Crippen molar-refractivity contribution in [2.75, 3.05) is 17.7 Å². The molecule has 2 N–H and O–H groups in total. The van der Waals surface area contributed by atoms with E-state index in [-0.39, 0.29) is 11.5 Å². The molecule has 3 aromatic carbocycles. The molecule has 212 valence electrons. The van der Waals surface area contributed by atoms with E-state index in [1.165, 1.54) is 20.4 Å². The summed E-state index contributed by atoms with van der Waals surface area (Å²) >= 11 is 0. The predicted octanol–water partition coefficient (Wildman–Crippen LogP) is 6.34. The van der Waals surface area contributed by atoms with E-state index < -0.39 is 11.7 Å². The largest absolute Gasteiger partial charge is 0.457 e. The molecule has 0 atom stereocenters. The molecule has 2 aromatic heterocycles. The quantitative estimate of drug-likeness (QED) is 0.269. The van der Waals surface area contributed by atoms with Gasteiger partial charge in [-0.3, -0.25) is 9.47 Å². The number of anilines is 2. The van der Waals surface area contributed by atoms with E-state index in [0.29, 0.717) is 39.7 Å². The van der Waals surface area contributed by atoms with Crippen molar-refractivity contribution < 1.29 is 14.3 Å². The van der Waals surface area contributed by atoms with Gasteiger partial charge in [0.05, 0.1) is 11.4 Å². The minimum atomic E-state index is -0.619. The zero-order valence-electron chi connectivity index (χ0n) is 24.0. The molecule has 0 unspecified atom stereocenters. The van der Waals surface area contributed by atoms with Crippen LogP contribution in [0.4, 0.5) is 16.3 Å². The van der Waals surface area contributed by atoms with Crippen LogP contribution in [-0.4, -0.2) is 37.8 Å². The Kier molecular flexibility index (Phi) is 8.42. The first-order valence-electron chi connectivity index (χ1n) is 13.3. The van der Waals surface area contributed by atoms with Crippen molar-refractivity contribution in [2.24, 2.45) is 0 Å². The number of para-hydroxylation sites is 1. The molecule has 0 spiro atoms. The van der Waals surface area contributed by atoms with Gasteiger partial charge < -0.3 is 15.2 Å². The lowest BCUT2D eigenvalue weighted by atomic mass is 10.2. The number of rotatable bonds is 5. The minimum Gasteiger partial charge on any atom is -0.457 e. The molecule has 5 rings (SSSR count). The molecule has 10 heteroatoms. The number of hydrogen-bond acceptors (Lipinski definition) is 7. The molecule has 0 aliphatic rings. The predicted molar refractivity (Wildman–Crippen MR) is 161 cm³/mol. The summed E-state index contributed by atoms with van der Waals surface area (Å²) in [5, 5.41) is 0. The summed E-state index contributed by atoms with van der Waals surface area (Å²) in [5.41, 5.74) is 7.70. The first kappa shape index (κ1) is 28.9. The average molecular weight is 555 g/mol. The molecule has 0 saturated heterocycles. The van der Waals surface area contributed by atoms with Gasteiger partial charge in [-0.15, -0.1) is 0 Å². The van der Waals surface area contributed by atoms with Crippen molar-refractivity contribution in [2.45, 2.75) is 40.2 Å². The second-order valence-electron chi connectivity index (χ2n) is 9.85. The molecule has 2 heterocycles. The summed E-state index contributed by atoms with van der Waals surface area (Å²) in [5.74, 6) is 1.50. The Morgan fingerprint density at radius 2 is 1.39 bits per heavy atom. The monoisotopic (exact) mass is 554 g/mol. The number of benzene rings is 3. The SMILES string of the molecule is CC.CN(C(=O)OC(C)(C)C)c1ccc(-n2c(=O)n(-c3ccc(Oc4ccccc4)cc3)c3c(N)ncnc32)cc1. The number of ether oxygens (including phenoxy) is 2. The van der Waals surface area contributed by atoms with Gasteiger partial charge in [-0.05, 0) is 81.4 Å². The highest BCUT2D eigenvalue weighted by molar-refractivity contribution is 5.88. The summed E-state index contributed by atoms with van der Waals surface area (Å²) in [7, 11) is 1.63. The van der Waals surface area contributed by atoms with Crippen LogP contribution in [0.5, 0.6) is 11.5 Å². The van der Waals surface area contributed by atoms with Gasteiger partial charge in [-0.2, -0.15) is 0 Å². The lowest BCUT2D eigenvalue weighted by Gasteiger charge is -2.24. The fourth-order valence-electron chi connectivity index (χ4n) is 4.07. The second-order valence-corrected chi connectivity index (χ2v) is 9.85. The number of carbonyl (C=O) groups is 1. The van der Waals surface area contributed by atoms with Crippen molar-refractivity contribution >= 4 is 28.8 Å². The van der Waals surface area contributed by atoms with Gasteiger partial charge in [-0.1, -0.05) is 32.0 Å². The van der Waals surface area contributed by atoms with E-state index in [1.807, 2.05) is 44.2 Å². The molecule has 0 fully saturated rings. The number of hydrogen-bond donors (Lipinski definition) is 1. The fraction of sp³-hybridized carbons (Fsp3) is 0.226. The summed E-state index contributed by atoms with van der Waals surface area (Å²) in [4.78, 5) is 36.1. The molecule has 0 radical (unpaired) electrons. The van der Waals surface area contributed by atoms with E-state index in [0.717, 1.165) is 0 Å². The first-order chi connectivity index (χ1) is 19.6.